The SMILES string of the molecule is Bc1cc(-c2c(B)c(B)c3c(-c4c(B)c(B)c(B)c(B)c4B)c4c(B)c(B)c(B)c(B)c4c(-c4c(B)c(B)c(B)c(B)c4B)c3c2B)c2c(B)c(B)c(B)c(B)c2c1B. The molecule has 59 heavy (non-hydrogen) atoms. The lowest BCUT2D eigenvalue weighted by Crippen LogP contribution is -2.56. The van der Waals surface area contributed by atoms with Crippen LogP contribution in [-0.2, 0) is 0 Å². The fraction of sp³-hybridized carbons (Fsp3) is 0. The summed E-state index contributed by atoms with van der Waals surface area (Å²) in [6.07, 6.45) is 0. The Balaban J connectivity index is 1.95. The summed E-state index contributed by atoms with van der Waals surface area (Å²) in [5, 5.41) is 8.56. The minimum Gasteiger partial charge on any atom is -0.102 e. The maximum Gasteiger partial charge on any atom is 0.140 e. The van der Waals surface area contributed by atoms with E-state index in [9.17, 15) is 0 Å². The molecule has 0 unspecified atom stereocenters. The van der Waals surface area contributed by atoms with Crippen LogP contribution in [0.15, 0.2) is 6.07 Å². The maximum atomic E-state index is 2.53. The van der Waals surface area contributed by atoms with Gasteiger partial charge in [0.2, 0.25) is 0 Å². The summed E-state index contributed by atoms with van der Waals surface area (Å²) < 4.78 is 0. The van der Waals surface area contributed by atoms with Crippen molar-refractivity contribution in [3.8, 4) is 33.4 Å². The molecule has 0 radical (unpaired) electrons. The Labute approximate surface area is 375 Å². The van der Waals surface area contributed by atoms with Gasteiger partial charge in [-0.1, -0.05) is 77.1 Å². The van der Waals surface area contributed by atoms with Crippen molar-refractivity contribution in [2.45, 2.75) is 0 Å². The van der Waals surface area contributed by atoms with Crippen LogP contribution in [0.4, 0.5) is 0 Å². The summed E-state index contributed by atoms with van der Waals surface area (Å²) in [7, 11) is 54.5. The van der Waals surface area contributed by atoms with E-state index in [1.165, 1.54) is 191 Å². The molecule has 0 aliphatic heterocycles. The molecule has 0 heterocycles. The standard InChI is InChI=1S/C36H47B23/c37-3-1-2(4-12(15(3)38)22(45)30(53)27(50)17(4)40)5-16(39)8-6(13-23(46)31(54)35(58)32(55)24(13)47)10-11(21(44)29(52)28(51)20(10)43)7(9(8)19(42)18(5)41)14-25(48)33(56)36(59)34(57)26(14)49/h1H,37-59H2. The molecule has 0 spiro atoms. The van der Waals surface area contributed by atoms with Gasteiger partial charge in [-0.3, -0.25) is 0 Å². The first kappa shape index (κ1) is 43.9. The molecule has 7 aromatic rings. The van der Waals surface area contributed by atoms with Gasteiger partial charge in [-0.2, -0.15) is 0 Å². The number of hydrogen-bond acceptors (Lipinski definition) is 0. The zero-order chi connectivity index (χ0) is 43.9. The predicted molar refractivity (Wildman–Crippen MR) is 343 cm³/mol. The third-order valence-electron chi connectivity index (χ3n) is 17.1. The average molecular weight is 728 g/mol. The van der Waals surface area contributed by atoms with Crippen LogP contribution in [0.1, 0.15) is 0 Å². The van der Waals surface area contributed by atoms with Gasteiger partial charge < -0.3 is 0 Å². The molecule has 0 saturated heterocycles. The summed E-state index contributed by atoms with van der Waals surface area (Å²) in [4.78, 5) is 0. The Morgan fingerprint density at radius 1 is 0.169 bits per heavy atom. The minimum absolute atomic E-state index is 1.36. The van der Waals surface area contributed by atoms with Crippen molar-refractivity contribution in [1.29, 1.82) is 0 Å². The number of hydrogen-bond donors (Lipinski definition) is 0. The molecular weight excluding hydrogens is 681 g/mol. The molecule has 0 N–H and O–H groups in total. The van der Waals surface area contributed by atoms with E-state index in [1.807, 2.05) is 0 Å². The molecule has 0 aromatic heterocycles. The van der Waals surface area contributed by atoms with Crippen molar-refractivity contribution >= 4 is 338 Å². The van der Waals surface area contributed by atoms with Crippen LogP contribution in [0.3, 0.4) is 0 Å². The number of fused-ring (bicyclic) bond motifs is 3. The van der Waals surface area contributed by atoms with Gasteiger partial charge in [-0.25, -0.2) is 0 Å². The lowest BCUT2D eigenvalue weighted by atomic mass is 9.55. The zero-order valence-corrected chi connectivity index (χ0v) is 41.1. The van der Waals surface area contributed by atoms with Crippen LogP contribution in [0.5, 0.6) is 0 Å². The summed E-state index contributed by atoms with van der Waals surface area (Å²) >= 11 is 0. The van der Waals surface area contributed by atoms with Gasteiger partial charge >= 0.3 is 0 Å². The second-order valence-corrected chi connectivity index (χ2v) is 19.1. The van der Waals surface area contributed by atoms with Crippen molar-refractivity contribution in [2.75, 3.05) is 0 Å². The van der Waals surface area contributed by atoms with Crippen molar-refractivity contribution in [2.24, 2.45) is 0 Å². The lowest BCUT2D eigenvalue weighted by Gasteiger charge is -2.33. The van der Waals surface area contributed by atoms with Crippen LogP contribution in [-0.4, -0.2) is 180 Å². The lowest BCUT2D eigenvalue weighted by molar-refractivity contribution is 1.82. The fourth-order valence-electron chi connectivity index (χ4n) is 11.5. The highest BCUT2D eigenvalue weighted by Gasteiger charge is 2.30. The van der Waals surface area contributed by atoms with Gasteiger partial charge in [-0.15, -0.1) is 54.6 Å². The largest absolute Gasteiger partial charge is 0.140 e. The van der Waals surface area contributed by atoms with E-state index in [-0.39, 0.29) is 0 Å². The normalized spacial score (nSPS) is 11.6. The molecule has 7 aromatic carbocycles. The molecule has 0 aliphatic carbocycles. The van der Waals surface area contributed by atoms with Gasteiger partial charge in [0.15, 0.2) is 0 Å². The zero-order valence-electron chi connectivity index (χ0n) is 41.1. The molecule has 0 fully saturated rings. The molecule has 0 amide bonds. The first-order valence-corrected chi connectivity index (χ1v) is 22.1. The molecule has 0 bridgehead atoms. The average Bonchev–Trinajstić information content (AvgIpc) is 3.20. The smallest absolute Gasteiger partial charge is 0.102 e. The van der Waals surface area contributed by atoms with Gasteiger partial charge in [0.05, 0.1) is 0 Å². The van der Waals surface area contributed by atoms with E-state index in [2.05, 4.69) is 187 Å². The third kappa shape index (κ3) is 5.91. The summed E-state index contributed by atoms with van der Waals surface area (Å²) in [5.74, 6) is 0. The molecule has 260 valence electrons. The summed E-state index contributed by atoms with van der Waals surface area (Å²) in [6.45, 7) is 0. The van der Waals surface area contributed by atoms with E-state index in [0.717, 1.165) is 0 Å². The predicted octanol–water partition coefficient (Wildman–Crippen LogP) is -29.9. The monoisotopic (exact) mass is 733 g/mol. The van der Waals surface area contributed by atoms with Gasteiger partial charge in [0.1, 0.15) is 180 Å². The fourth-order valence-corrected chi connectivity index (χ4v) is 11.5. The molecular formula is C36H47B23. The van der Waals surface area contributed by atoms with E-state index < -0.39 is 0 Å². The van der Waals surface area contributed by atoms with Crippen molar-refractivity contribution in [1.82, 2.24) is 0 Å². The highest BCUT2D eigenvalue weighted by atomic mass is 14.3. The van der Waals surface area contributed by atoms with E-state index in [4.69, 9.17) is 0 Å². The van der Waals surface area contributed by atoms with Crippen molar-refractivity contribution in [3.05, 3.63) is 6.07 Å². The van der Waals surface area contributed by atoms with Crippen LogP contribution in [0, 0.1) is 0 Å². The van der Waals surface area contributed by atoms with Crippen LogP contribution < -0.4 is 126 Å². The summed E-state index contributed by atoms with van der Waals surface area (Å²) in [5.41, 5.74) is 40.7. The van der Waals surface area contributed by atoms with Crippen molar-refractivity contribution in [3.63, 3.8) is 0 Å². The molecule has 0 nitrogen and oxygen atoms in total. The van der Waals surface area contributed by atoms with Crippen molar-refractivity contribution < 1.29 is 0 Å². The third-order valence-corrected chi connectivity index (χ3v) is 17.1. The van der Waals surface area contributed by atoms with E-state index in [0.29, 0.717) is 0 Å². The molecule has 0 atom stereocenters. The molecule has 7 rings (SSSR count). The maximum absolute atomic E-state index is 2.53. The van der Waals surface area contributed by atoms with Crippen LogP contribution >= 0.6 is 0 Å². The Morgan fingerprint density at radius 2 is 0.407 bits per heavy atom. The Hall–Kier alpha value is -3.19. The summed E-state index contributed by atoms with van der Waals surface area (Å²) in [6, 6.07) is 2.53. The second kappa shape index (κ2) is 15.0. The van der Waals surface area contributed by atoms with Gasteiger partial charge in [0.25, 0.3) is 0 Å². The topological polar surface area (TPSA) is 0 Å². The molecule has 0 aliphatic rings. The van der Waals surface area contributed by atoms with Crippen LogP contribution in [0.25, 0.3) is 65.7 Å². The Morgan fingerprint density at radius 3 is 0.763 bits per heavy atom. The Kier molecular flexibility index (Phi) is 11.2. The highest BCUT2D eigenvalue weighted by molar-refractivity contribution is 6.75. The quantitative estimate of drug-likeness (QED) is 0.126. The highest BCUT2D eigenvalue weighted by Crippen LogP contribution is 2.40. The Bertz CT molecular complexity index is 3070. The second-order valence-electron chi connectivity index (χ2n) is 19.1. The van der Waals surface area contributed by atoms with Gasteiger partial charge in [0, 0.05) is 0 Å². The molecule has 23 heteroatoms. The minimum atomic E-state index is 1.36. The molecule has 0 saturated carbocycles. The first-order chi connectivity index (χ1) is 27.4. The van der Waals surface area contributed by atoms with E-state index >= 15 is 0 Å². The number of benzene rings is 7. The first-order valence-electron chi connectivity index (χ1n) is 22.1. The van der Waals surface area contributed by atoms with E-state index in [1.54, 1.807) is 0 Å². The van der Waals surface area contributed by atoms with Crippen LogP contribution in [0.2, 0.25) is 0 Å². The van der Waals surface area contributed by atoms with Gasteiger partial charge in [-0.05, 0) is 65.7 Å². The number of rotatable bonds is 3.